The van der Waals surface area contributed by atoms with Gasteiger partial charge in [-0.15, -0.1) is 0 Å². The summed E-state index contributed by atoms with van der Waals surface area (Å²) in [6.45, 7) is 2.46. The van der Waals surface area contributed by atoms with E-state index < -0.39 is 16.1 Å². The van der Waals surface area contributed by atoms with Crippen molar-refractivity contribution in [3.63, 3.8) is 0 Å². The number of nitrogens with zero attached hydrogens (tertiary/aromatic N) is 1. The van der Waals surface area contributed by atoms with Crippen LogP contribution in [-0.2, 0) is 26.1 Å². The van der Waals surface area contributed by atoms with Crippen LogP contribution in [-0.4, -0.2) is 39.1 Å². The van der Waals surface area contributed by atoms with Crippen LogP contribution in [0.4, 0.5) is 4.79 Å². The lowest BCUT2D eigenvalue weighted by atomic mass is 10.2. The van der Waals surface area contributed by atoms with E-state index in [9.17, 15) is 13.2 Å². The largest absolute Gasteiger partial charge is 0.452 e. The van der Waals surface area contributed by atoms with E-state index in [0.717, 1.165) is 18.2 Å². The molecule has 0 heterocycles. The number of sulfonamides is 1. The minimum Gasteiger partial charge on any atom is -0.452 e. The van der Waals surface area contributed by atoms with Crippen LogP contribution in [0.25, 0.3) is 0 Å². The average Bonchev–Trinajstić information content (AvgIpc) is 2.67. The van der Waals surface area contributed by atoms with E-state index in [0.29, 0.717) is 17.5 Å². The molecule has 0 aliphatic carbocycles. The maximum atomic E-state index is 12.7. The number of benzene rings is 2. The fraction of sp³-hybridized carbons (Fsp3) is 0.250. The summed E-state index contributed by atoms with van der Waals surface area (Å²) in [6.07, 6.45) is 2.29. The lowest BCUT2D eigenvalue weighted by Crippen LogP contribution is -2.37. The van der Waals surface area contributed by atoms with Gasteiger partial charge in [-0.1, -0.05) is 60.2 Å². The molecule has 0 bridgehead atoms. The van der Waals surface area contributed by atoms with Gasteiger partial charge in [-0.3, -0.25) is 0 Å². The number of hydrogen-bond acceptors (Lipinski definition) is 5. The number of methoxy groups -OCH3 is 1. The fourth-order valence-electron chi connectivity index (χ4n) is 2.27. The quantitative estimate of drug-likeness (QED) is 0.510. The van der Waals surface area contributed by atoms with Gasteiger partial charge in [-0.2, -0.15) is 4.31 Å². The third-order valence-electron chi connectivity index (χ3n) is 3.75. The molecule has 0 spiro atoms. The summed E-state index contributed by atoms with van der Waals surface area (Å²) in [4.78, 5) is 12.0. The Morgan fingerprint density at radius 2 is 1.70 bits per heavy atom. The second-order valence-electron chi connectivity index (χ2n) is 5.79. The summed E-state index contributed by atoms with van der Waals surface area (Å²) in [5.41, 5.74) is 1.97. The molecule has 1 amide bonds. The van der Waals surface area contributed by atoms with Gasteiger partial charge in [0.25, 0.3) is 10.0 Å². The summed E-state index contributed by atoms with van der Waals surface area (Å²) >= 11 is 0. The number of aryl methyl sites for hydroxylation is 1. The first-order valence-corrected chi connectivity index (χ1v) is 9.83. The Morgan fingerprint density at radius 1 is 1.04 bits per heavy atom. The minimum absolute atomic E-state index is 0.0345. The molecule has 0 radical (unpaired) electrons. The predicted octanol–water partition coefficient (Wildman–Crippen LogP) is 3.53. The summed E-state index contributed by atoms with van der Waals surface area (Å²) in [6, 6.07) is 16.0. The molecule has 0 aliphatic rings. The fourth-order valence-corrected chi connectivity index (χ4v) is 3.56. The van der Waals surface area contributed by atoms with Crippen molar-refractivity contribution in [1.29, 1.82) is 0 Å². The van der Waals surface area contributed by atoms with Crippen LogP contribution in [0.2, 0.25) is 0 Å². The number of ether oxygens (including phenoxy) is 2. The number of carbonyl (C=O) groups excluding carboxylic acids is 1. The zero-order valence-electron chi connectivity index (χ0n) is 15.4. The Labute approximate surface area is 160 Å². The molecule has 7 heteroatoms. The Balaban J connectivity index is 1.97. The molecule has 0 aromatic heterocycles. The highest BCUT2D eigenvalue weighted by Crippen LogP contribution is 2.17. The first-order valence-electron chi connectivity index (χ1n) is 8.39. The standard InChI is InChI=1S/C20H23NO5S/c1-17-10-12-19(13-11-17)27(23,24)21(20(22)25-2)14-6-7-15-26-16-18-8-4-3-5-9-18/h3-13H,14-16H2,1-2H3/b7-6+. The number of amides is 1. The summed E-state index contributed by atoms with van der Waals surface area (Å²) in [7, 11) is -2.85. The van der Waals surface area contributed by atoms with E-state index in [1.807, 2.05) is 37.3 Å². The van der Waals surface area contributed by atoms with E-state index in [1.54, 1.807) is 24.3 Å². The van der Waals surface area contributed by atoms with Crippen molar-refractivity contribution in [1.82, 2.24) is 4.31 Å². The molecule has 6 nitrogen and oxygen atoms in total. The Hall–Kier alpha value is -2.64. The molecule has 0 unspecified atom stereocenters. The normalized spacial score (nSPS) is 11.5. The van der Waals surface area contributed by atoms with E-state index in [1.165, 1.54) is 12.1 Å². The van der Waals surface area contributed by atoms with Gasteiger partial charge in [-0.25, -0.2) is 13.2 Å². The van der Waals surface area contributed by atoms with Crippen molar-refractivity contribution in [2.45, 2.75) is 18.4 Å². The van der Waals surface area contributed by atoms with E-state index in [2.05, 4.69) is 4.74 Å². The minimum atomic E-state index is -4.00. The van der Waals surface area contributed by atoms with Crippen molar-refractivity contribution in [2.75, 3.05) is 20.3 Å². The summed E-state index contributed by atoms with van der Waals surface area (Å²) in [5.74, 6) is 0. The summed E-state index contributed by atoms with van der Waals surface area (Å²) < 4.78 is 36.2. The van der Waals surface area contributed by atoms with Crippen LogP contribution >= 0.6 is 0 Å². The third kappa shape index (κ3) is 5.94. The third-order valence-corrected chi connectivity index (χ3v) is 5.50. The maximum absolute atomic E-state index is 12.7. The molecular weight excluding hydrogens is 366 g/mol. The zero-order valence-corrected chi connectivity index (χ0v) is 16.2. The molecular formula is C20H23NO5S. The van der Waals surface area contributed by atoms with Crippen LogP contribution in [0.15, 0.2) is 71.6 Å². The van der Waals surface area contributed by atoms with Crippen molar-refractivity contribution in [3.05, 3.63) is 77.9 Å². The first kappa shape index (κ1) is 20.7. The van der Waals surface area contributed by atoms with Gasteiger partial charge in [-0.05, 0) is 24.6 Å². The predicted molar refractivity (Wildman–Crippen MR) is 103 cm³/mol. The molecule has 27 heavy (non-hydrogen) atoms. The van der Waals surface area contributed by atoms with Gasteiger partial charge in [0.15, 0.2) is 0 Å². The molecule has 2 aromatic carbocycles. The monoisotopic (exact) mass is 389 g/mol. The number of rotatable bonds is 8. The van der Waals surface area contributed by atoms with Gasteiger partial charge >= 0.3 is 6.09 Å². The molecule has 144 valence electrons. The summed E-state index contributed by atoms with van der Waals surface area (Å²) in [5, 5.41) is 0. The molecule has 0 fully saturated rings. The van der Waals surface area contributed by atoms with Gasteiger partial charge in [0.05, 0.1) is 31.8 Å². The second-order valence-corrected chi connectivity index (χ2v) is 7.65. The molecule has 0 saturated heterocycles. The first-order chi connectivity index (χ1) is 12.9. The van der Waals surface area contributed by atoms with E-state index in [4.69, 9.17) is 4.74 Å². The van der Waals surface area contributed by atoms with Crippen LogP contribution in [0.1, 0.15) is 11.1 Å². The highest BCUT2D eigenvalue weighted by molar-refractivity contribution is 7.89. The Bertz CT molecular complexity index is 861. The van der Waals surface area contributed by atoms with E-state index in [-0.39, 0.29) is 11.4 Å². The van der Waals surface area contributed by atoms with Crippen molar-refractivity contribution in [3.8, 4) is 0 Å². The second kappa shape index (κ2) is 9.89. The molecule has 2 aromatic rings. The lowest BCUT2D eigenvalue weighted by Gasteiger charge is -2.19. The van der Waals surface area contributed by atoms with Gasteiger partial charge < -0.3 is 9.47 Å². The van der Waals surface area contributed by atoms with Crippen molar-refractivity contribution < 1.29 is 22.7 Å². The van der Waals surface area contributed by atoms with Crippen LogP contribution in [0.5, 0.6) is 0 Å². The van der Waals surface area contributed by atoms with Crippen LogP contribution in [0, 0.1) is 6.92 Å². The number of carbonyl (C=O) groups is 1. The molecule has 0 N–H and O–H groups in total. The lowest BCUT2D eigenvalue weighted by molar-refractivity contribution is 0.147. The smallest absolute Gasteiger partial charge is 0.423 e. The highest BCUT2D eigenvalue weighted by Gasteiger charge is 2.29. The van der Waals surface area contributed by atoms with Crippen molar-refractivity contribution in [2.24, 2.45) is 0 Å². The average molecular weight is 389 g/mol. The SMILES string of the molecule is COC(=O)N(C/C=C/COCc1ccccc1)S(=O)(=O)c1ccc(C)cc1. The Morgan fingerprint density at radius 3 is 2.33 bits per heavy atom. The molecule has 0 aliphatic heterocycles. The highest BCUT2D eigenvalue weighted by atomic mass is 32.2. The zero-order chi connectivity index (χ0) is 19.7. The van der Waals surface area contributed by atoms with Gasteiger partial charge in [0, 0.05) is 0 Å². The maximum Gasteiger partial charge on any atom is 0.423 e. The topological polar surface area (TPSA) is 72.9 Å². The Kier molecular flexibility index (Phi) is 7.57. The molecule has 0 atom stereocenters. The number of hydrogen-bond donors (Lipinski definition) is 0. The van der Waals surface area contributed by atoms with Crippen LogP contribution in [0.3, 0.4) is 0 Å². The molecule has 0 saturated carbocycles. The van der Waals surface area contributed by atoms with Gasteiger partial charge in [0.2, 0.25) is 0 Å². The van der Waals surface area contributed by atoms with Crippen LogP contribution < -0.4 is 0 Å². The van der Waals surface area contributed by atoms with E-state index >= 15 is 0 Å². The van der Waals surface area contributed by atoms with Gasteiger partial charge in [0.1, 0.15) is 0 Å². The van der Waals surface area contributed by atoms with Crippen molar-refractivity contribution >= 4 is 16.1 Å². The molecule has 2 rings (SSSR count).